The zero-order chi connectivity index (χ0) is 18.1. The molecule has 0 fully saturated rings. The first-order valence-electron chi connectivity index (χ1n) is 9.25. The van der Waals surface area contributed by atoms with Crippen LogP contribution in [0, 0.1) is 0 Å². The highest BCUT2D eigenvalue weighted by atomic mass is 16.2. The maximum Gasteiger partial charge on any atom is 0.253 e. The van der Waals surface area contributed by atoms with Crippen molar-refractivity contribution in [2.24, 2.45) is 4.99 Å². The summed E-state index contributed by atoms with van der Waals surface area (Å²) in [4.78, 5) is 18.8. The molecule has 0 saturated heterocycles. The van der Waals surface area contributed by atoms with E-state index in [1.807, 2.05) is 43.0 Å². The molecule has 136 valence electrons. The summed E-state index contributed by atoms with van der Waals surface area (Å²) in [6, 6.07) is 8.20. The topological polar surface area (TPSA) is 56.7 Å². The van der Waals surface area contributed by atoms with E-state index < -0.39 is 0 Å². The molecule has 1 aliphatic carbocycles. The summed E-state index contributed by atoms with van der Waals surface area (Å²) in [7, 11) is 0. The SMILES string of the molecule is CCNC(=NCc1ccc(C(=O)N(CC)CC)cc1)NC1CC=CC1. The van der Waals surface area contributed by atoms with Crippen molar-refractivity contribution in [3.05, 3.63) is 47.5 Å². The minimum atomic E-state index is 0.0868. The van der Waals surface area contributed by atoms with Crippen molar-refractivity contribution in [2.75, 3.05) is 19.6 Å². The number of nitrogens with zero attached hydrogens (tertiary/aromatic N) is 2. The summed E-state index contributed by atoms with van der Waals surface area (Å²) < 4.78 is 0. The summed E-state index contributed by atoms with van der Waals surface area (Å²) in [5, 5.41) is 6.75. The van der Waals surface area contributed by atoms with Crippen molar-refractivity contribution in [1.82, 2.24) is 15.5 Å². The van der Waals surface area contributed by atoms with E-state index in [0.717, 1.165) is 49.6 Å². The molecule has 0 atom stereocenters. The number of carbonyl (C=O) groups is 1. The van der Waals surface area contributed by atoms with E-state index in [9.17, 15) is 4.79 Å². The molecule has 25 heavy (non-hydrogen) atoms. The second-order valence-corrected chi connectivity index (χ2v) is 6.15. The van der Waals surface area contributed by atoms with Crippen molar-refractivity contribution in [3.63, 3.8) is 0 Å². The van der Waals surface area contributed by atoms with Gasteiger partial charge in [-0.2, -0.15) is 0 Å². The van der Waals surface area contributed by atoms with Gasteiger partial charge in [-0.25, -0.2) is 4.99 Å². The number of rotatable bonds is 7. The van der Waals surface area contributed by atoms with Crippen LogP contribution in [0.4, 0.5) is 0 Å². The Hall–Kier alpha value is -2.30. The molecule has 0 spiro atoms. The third-order valence-electron chi connectivity index (χ3n) is 4.36. The van der Waals surface area contributed by atoms with E-state index in [-0.39, 0.29) is 5.91 Å². The van der Waals surface area contributed by atoms with E-state index in [4.69, 9.17) is 0 Å². The average Bonchev–Trinajstić information content (AvgIpc) is 3.14. The van der Waals surface area contributed by atoms with Gasteiger partial charge in [0.2, 0.25) is 0 Å². The van der Waals surface area contributed by atoms with Crippen LogP contribution in [0.15, 0.2) is 41.4 Å². The second kappa shape index (κ2) is 9.87. The lowest BCUT2D eigenvalue weighted by molar-refractivity contribution is 0.0773. The molecule has 2 N–H and O–H groups in total. The van der Waals surface area contributed by atoms with Gasteiger partial charge in [-0.15, -0.1) is 0 Å². The minimum absolute atomic E-state index is 0.0868. The lowest BCUT2D eigenvalue weighted by Gasteiger charge is -2.18. The Morgan fingerprint density at radius 1 is 1.12 bits per heavy atom. The van der Waals surface area contributed by atoms with Crippen LogP contribution >= 0.6 is 0 Å². The Balaban J connectivity index is 1.97. The van der Waals surface area contributed by atoms with Crippen LogP contribution in [0.3, 0.4) is 0 Å². The van der Waals surface area contributed by atoms with Gasteiger partial charge in [0.05, 0.1) is 6.54 Å². The van der Waals surface area contributed by atoms with Gasteiger partial charge in [0.1, 0.15) is 0 Å². The van der Waals surface area contributed by atoms with Crippen LogP contribution in [0.25, 0.3) is 0 Å². The molecule has 5 nitrogen and oxygen atoms in total. The number of carbonyl (C=O) groups excluding carboxylic acids is 1. The number of nitrogens with one attached hydrogen (secondary N) is 2. The fourth-order valence-corrected chi connectivity index (χ4v) is 2.86. The second-order valence-electron chi connectivity index (χ2n) is 6.15. The largest absolute Gasteiger partial charge is 0.357 e. The number of guanidine groups is 1. The van der Waals surface area contributed by atoms with E-state index in [1.54, 1.807) is 0 Å². The molecule has 0 saturated carbocycles. The quantitative estimate of drug-likeness (QED) is 0.455. The standard InChI is InChI=1S/C20H30N4O/c1-4-21-20(23-18-9-7-8-10-18)22-15-16-11-13-17(14-12-16)19(25)24(5-2)6-3/h7-8,11-14,18H,4-6,9-10,15H2,1-3H3,(H2,21,22,23). The average molecular weight is 342 g/mol. The van der Waals surface area contributed by atoms with Crippen LogP contribution in [0.2, 0.25) is 0 Å². The fourth-order valence-electron chi connectivity index (χ4n) is 2.86. The summed E-state index contributed by atoms with van der Waals surface area (Å²) in [5.41, 5.74) is 1.83. The van der Waals surface area contributed by atoms with Crippen LogP contribution in [0.1, 0.15) is 49.5 Å². The van der Waals surface area contributed by atoms with E-state index in [1.165, 1.54) is 0 Å². The van der Waals surface area contributed by atoms with Gasteiger partial charge in [0.15, 0.2) is 5.96 Å². The molecule has 0 unspecified atom stereocenters. The molecule has 0 bridgehead atoms. The normalized spacial score (nSPS) is 14.6. The van der Waals surface area contributed by atoms with Crippen molar-refractivity contribution >= 4 is 11.9 Å². The molecule has 1 aromatic rings. The first kappa shape index (κ1) is 19.0. The predicted octanol–water partition coefficient (Wildman–Crippen LogP) is 2.94. The van der Waals surface area contributed by atoms with E-state index in [2.05, 4.69) is 34.7 Å². The number of hydrogen-bond donors (Lipinski definition) is 2. The summed E-state index contributed by atoms with van der Waals surface area (Å²) in [5.74, 6) is 0.934. The summed E-state index contributed by atoms with van der Waals surface area (Å²) >= 11 is 0. The lowest BCUT2D eigenvalue weighted by atomic mass is 10.1. The van der Waals surface area contributed by atoms with Crippen molar-refractivity contribution in [2.45, 2.75) is 46.2 Å². The molecular formula is C20H30N4O. The Bertz CT molecular complexity index is 595. The van der Waals surface area contributed by atoms with Gasteiger partial charge in [0.25, 0.3) is 5.91 Å². The van der Waals surface area contributed by atoms with Gasteiger partial charge in [-0.1, -0.05) is 24.3 Å². The zero-order valence-electron chi connectivity index (χ0n) is 15.6. The minimum Gasteiger partial charge on any atom is -0.357 e. The molecule has 2 rings (SSSR count). The third kappa shape index (κ3) is 5.62. The maximum absolute atomic E-state index is 12.3. The Morgan fingerprint density at radius 3 is 2.32 bits per heavy atom. The van der Waals surface area contributed by atoms with Gasteiger partial charge in [-0.3, -0.25) is 4.79 Å². The first-order valence-corrected chi connectivity index (χ1v) is 9.25. The number of hydrogen-bond acceptors (Lipinski definition) is 2. The van der Waals surface area contributed by atoms with Gasteiger partial charge >= 0.3 is 0 Å². The molecule has 5 heteroatoms. The van der Waals surface area contributed by atoms with Crippen molar-refractivity contribution in [1.29, 1.82) is 0 Å². The molecule has 1 aromatic carbocycles. The summed E-state index contributed by atoms with van der Waals surface area (Å²) in [6.07, 6.45) is 6.50. The van der Waals surface area contributed by atoms with Crippen LogP contribution in [-0.4, -0.2) is 42.4 Å². The molecule has 0 heterocycles. The monoisotopic (exact) mass is 342 g/mol. The Kier molecular flexibility index (Phi) is 7.51. The fraction of sp³-hybridized carbons (Fsp3) is 0.500. The predicted molar refractivity (Wildman–Crippen MR) is 104 cm³/mol. The smallest absolute Gasteiger partial charge is 0.253 e. The molecular weight excluding hydrogens is 312 g/mol. The van der Waals surface area contributed by atoms with E-state index in [0.29, 0.717) is 12.6 Å². The van der Waals surface area contributed by atoms with Crippen molar-refractivity contribution < 1.29 is 4.79 Å². The molecule has 1 aliphatic rings. The zero-order valence-corrected chi connectivity index (χ0v) is 15.6. The van der Waals surface area contributed by atoms with Crippen molar-refractivity contribution in [3.8, 4) is 0 Å². The number of benzene rings is 1. The maximum atomic E-state index is 12.3. The third-order valence-corrected chi connectivity index (χ3v) is 4.36. The number of aliphatic imine (C=N–C) groups is 1. The molecule has 1 amide bonds. The molecule has 0 radical (unpaired) electrons. The van der Waals surface area contributed by atoms with Gasteiger partial charge < -0.3 is 15.5 Å². The van der Waals surface area contributed by atoms with Crippen LogP contribution in [-0.2, 0) is 6.54 Å². The molecule has 0 aromatic heterocycles. The van der Waals surface area contributed by atoms with Crippen LogP contribution in [0.5, 0.6) is 0 Å². The first-order chi connectivity index (χ1) is 12.2. The highest BCUT2D eigenvalue weighted by Gasteiger charge is 2.13. The van der Waals surface area contributed by atoms with Crippen LogP contribution < -0.4 is 10.6 Å². The van der Waals surface area contributed by atoms with E-state index >= 15 is 0 Å². The number of amides is 1. The lowest BCUT2D eigenvalue weighted by Crippen LogP contribution is -2.42. The highest BCUT2D eigenvalue weighted by Crippen LogP contribution is 2.10. The Morgan fingerprint density at radius 2 is 1.76 bits per heavy atom. The molecule has 0 aliphatic heterocycles. The summed E-state index contributed by atoms with van der Waals surface area (Å²) in [6.45, 7) is 8.96. The highest BCUT2D eigenvalue weighted by molar-refractivity contribution is 5.94. The Labute approximate surface area is 151 Å². The van der Waals surface area contributed by atoms with Gasteiger partial charge in [-0.05, 0) is 51.3 Å². The van der Waals surface area contributed by atoms with Gasteiger partial charge in [0, 0.05) is 31.2 Å².